The molecule has 1 unspecified atom stereocenters. The van der Waals surface area contributed by atoms with Gasteiger partial charge in [-0.1, -0.05) is 0 Å². The minimum absolute atomic E-state index is 0.0694. The number of hydrogen-bond donors (Lipinski definition) is 0. The van der Waals surface area contributed by atoms with Crippen molar-refractivity contribution in [1.29, 1.82) is 0 Å². The SMILES string of the molecule is CC1CCO[N+]1=O. The first-order chi connectivity index (χ1) is 3.30. The van der Waals surface area contributed by atoms with Crippen molar-refractivity contribution in [2.24, 2.45) is 0 Å². The van der Waals surface area contributed by atoms with Crippen LogP contribution in [0.3, 0.4) is 0 Å². The second kappa shape index (κ2) is 1.48. The fourth-order valence-corrected chi connectivity index (χ4v) is 0.546. The molecule has 1 fully saturated rings. The van der Waals surface area contributed by atoms with E-state index in [1.54, 1.807) is 0 Å². The van der Waals surface area contributed by atoms with Crippen LogP contribution in [0.25, 0.3) is 0 Å². The molecule has 1 aliphatic rings. The predicted octanol–water partition coefficient (Wildman–Crippen LogP) is 0.489. The topological polar surface area (TPSA) is 29.3 Å². The molecule has 0 spiro atoms. The van der Waals surface area contributed by atoms with E-state index in [0.717, 1.165) is 6.42 Å². The Labute approximate surface area is 41.8 Å². The molecule has 0 aromatic rings. The molecule has 0 radical (unpaired) electrons. The number of hydrogen-bond acceptors (Lipinski definition) is 2. The van der Waals surface area contributed by atoms with Crippen molar-refractivity contribution in [2.75, 3.05) is 6.61 Å². The Morgan fingerprint density at radius 1 is 1.86 bits per heavy atom. The molecular formula is C4H8NO2+. The Bertz CT molecular complexity index is 91.7. The van der Waals surface area contributed by atoms with Gasteiger partial charge in [0.15, 0.2) is 6.61 Å². The summed E-state index contributed by atoms with van der Waals surface area (Å²) in [4.78, 5) is 15.5. The van der Waals surface area contributed by atoms with Gasteiger partial charge < -0.3 is 0 Å². The van der Waals surface area contributed by atoms with Crippen LogP contribution in [0.15, 0.2) is 0 Å². The lowest BCUT2D eigenvalue weighted by Crippen LogP contribution is -2.09. The first-order valence-corrected chi connectivity index (χ1v) is 2.40. The van der Waals surface area contributed by atoms with Crippen LogP contribution in [0.4, 0.5) is 0 Å². The Hall–Kier alpha value is -0.600. The average Bonchev–Trinajstić information content (AvgIpc) is 1.91. The van der Waals surface area contributed by atoms with Gasteiger partial charge in [0, 0.05) is 6.92 Å². The van der Waals surface area contributed by atoms with E-state index in [1.165, 1.54) is 0 Å². The van der Waals surface area contributed by atoms with E-state index in [9.17, 15) is 4.91 Å². The third-order valence-corrected chi connectivity index (χ3v) is 1.11. The molecule has 3 nitrogen and oxygen atoms in total. The fourth-order valence-electron chi connectivity index (χ4n) is 0.546. The highest BCUT2D eigenvalue weighted by atomic mass is 16.8. The van der Waals surface area contributed by atoms with Crippen LogP contribution >= 0.6 is 0 Å². The normalized spacial score (nSPS) is 30.4. The minimum Gasteiger partial charge on any atom is -0.232 e. The molecule has 0 aliphatic carbocycles. The largest absolute Gasteiger partial charge is 0.258 e. The molecular weight excluding hydrogens is 94.0 g/mol. The monoisotopic (exact) mass is 102 g/mol. The van der Waals surface area contributed by atoms with Crippen molar-refractivity contribution in [2.45, 2.75) is 19.4 Å². The van der Waals surface area contributed by atoms with Crippen LogP contribution in [0, 0.1) is 4.91 Å². The summed E-state index contributed by atoms with van der Waals surface area (Å²) < 4.78 is 0. The van der Waals surface area contributed by atoms with Gasteiger partial charge in [-0.3, -0.25) is 0 Å². The third-order valence-electron chi connectivity index (χ3n) is 1.11. The van der Waals surface area contributed by atoms with E-state index in [1.807, 2.05) is 6.92 Å². The summed E-state index contributed by atoms with van der Waals surface area (Å²) in [6.45, 7) is 2.44. The summed E-state index contributed by atoms with van der Waals surface area (Å²) >= 11 is 0. The van der Waals surface area contributed by atoms with Crippen LogP contribution in [0.2, 0.25) is 0 Å². The van der Waals surface area contributed by atoms with Gasteiger partial charge in [0.1, 0.15) is 0 Å². The number of rotatable bonds is 0. The quantitative estimate of drug-likeness (QED) is 0.445. The van der Waals surface area contributed by atoms with Crippen molar-refractivity contribution in [3.8, 4) is 0 Å². The predicted molar refractivity (Wildman–Crippen MR) is 23.7 cm³/mol. The second-order valence-corrected chi connectivity index (χ2v) is 1.76. The summed E-state index contributed by atoms with van der Waals surface area (Å²) in [5.41, 5.74) is 0. The lowest BCUT2D eigenvalue weighted by atomic mass is 10.3. The highest BCUT2D eigenvalue weighted by Gasteiger charge is 2.29. The van der Waals surface area contributed by atoms with Gasteiger partial charge in [-0.25, -0.2) is 4.84 Å². The van der Waals surface area contributed by atoms with Gasteiger partial charge in [-0.15, -0.1) is 0 Å². The van der Waals surface area contributed by atoms with Crippen LogP contribution in [0.1, 0.15) is 13.3 Å². The Balaban J connectivity index is 2.48. The lowest BCUT2D eigenvalue weighted by molar-refractivity contribution is -0.799. The van der Waals surface area contributed by atoms with Crippen molar-refractivity contribution < 1.29 is 9.76 Å². The molecule has 1 atom stereocenters. The van der Waals surface area contributed by atoms with Crippen LogP contribution in [0.5, 0.6) is 0 Å². The van der Waals surface area contributed by atoms with Crippen LogP contribution < -0.4 is 0 Å². The maximum absolute atomic E-state index is 10.3. The van der Waals surface area contributed by atoms with Crippen molar-refractivity contribution in [3.63, 3.8) is 0 Å². The maximum atomic E-state index is 10.3. The van der Waals surface area contributed by atoms with Crippen molar-refractivity contribution >= 4 is 0 Å². The average molecular weight is 102 g/mol. The Kier molecular flexibility index (Phi) is 0.964. The third kappa shape index (κ3) is 0.706. The summed E-state index contributed by atoms with van der Waals surface area (Å²) in [6, 6.07) is 0.0694. The molecule has 3 heteroatoms. The smallest absolute Gasteiger partial charge is 0.232 e. The molecule has 40 valence electrons. The van der Waals surface area contributed by atoms with Crippen molar-refractivity contribution in [1.82, 2.24) is 0 Å². The van der Waals surface area contributed by atoms with Crippen molar-refractivity contribution in [3.05, 3.63) is 4.91 Å². The van der Waals surface area contributed by atoms with Crippen LogP contribution in [-0.4, -0.2) is 17.6 Å². The van der Waals surface area contributed by atoms with Gasteiger partial charge in [-0.05, 0) is 0 Å². The van der Waals surface area contributed by atoms with Crippen LogP contribution in [-0.2, 0) is 4.84 Å². The fraction of sp³-hybridized carbons (Fsp3) is 1.00. The molecule has 1 heterocycles. The standard InChI is InChI=1S/C4H8NO2/c1-4-2-3-7-5(4)6/h4H,2-3H2,1H3/q+1. The molecule has 1 rings (SSSR count). The van der Waals surface area contributed by atoms with E-state index in [0.29, 0.717) is 11.5 Å². The van der Waals surface area contributed by atoms with Gasteiger partial charge in [0.25, 0.3) is 6.04 Å². The first-order valence-electron chi connectivity index (χ1n) is 2.40. The maximum Gasteiger partial charge on any atom is 0.258 e. The minimum atomic E-state index is 0.0694. The summed E-state index contributed by atoms with van der Waals surface area (Å²) in [6.07, 6.45) is 0.865. The van der Waals surface area contributed by atoms with Gasteiger partial charge in [0.05, 0.1) is 11.3 Å². The highest BCUT2D eigenvalue weighted by molar-refractivity contribution is 4.46. The molecule has 7 heavy (non-hydrogen) atoms. The lowest BCUT2D eigenvalue weighted by Gasteiger charge is -1.78. The molecule has 0 amide bonds. The molecule has 1 aliphatic heterocycles. The number of nitrogens with zero attached hydrogens (tertiary/aromatic N) is 1. The van der Waals surface area contributed by atoms with E-state index < -0.39 is 0 Å². The molecule has 0 aromatic carbocycles. The molecule has 0 bridgehead atoms. The molecule has 1 saturated heterocycles. The molecule has 0 aromatic heterocycles. The summed E-state index contributed by atoms with van der Waals surface area (Å²) in [5.74, 6) is 0. The second-order valence-electron chi connectivity index (χ2n) is 1.76. The molecule has 0 saturated carbocycles. The zero-order chi connectivity index (χ0) is 5.28. The van der Waals surface area contributed by atoms with Gasteiger partial charge in [-0.2, -0.15) is 0 Å². The van der Waals surface area contributed by atoms with E-state index >= 15 is 0 Å². The van der Waals surface area contributed by atoms with E-state index in [2.05, 4.69) is 4.84 Å². The summed E-state index contributed by atoms with van der Waals surface area (Å²) in [7, 11) is 0. The Morgan fingerprint density at radius 3 is 2.71 bits per heavy atom. The van der Waals surface area contributed by atoms with E-state index in [-0.39, 0.29) is 6.04 Å². The van der Waals surface area contributed by atoms with Gasteiger partial charge >= 0.3 is 0 Å². The summed E-state index contributed by atoms with van der Waals surface area (Å²) in [5, 5.41) is 0. The first kappa shape index (κ1) is 4.56. The molecule has 0 N–H and O–H groups in total. The highest BCUT2D eigenvalue weighted by Crippen LogP contribution is 2.05. The van der Waals surface area contributed by atoms with E-state index in [4.69, 9.17) is 0 Å². The zero-order valence-corrected chi connectivity index (χ0v) is 4.26. The van der Waals surface area contributed by atoms with Gasteiger partial charge in [0.2, 0.25) is 4.92 Å². The zero-order valence-electron chi connectivity index (χ0n) is 4.26. The Morgan fingerprint density at radius 2 is 2.57 bits per heavy atom.